The van der Waals surface area contributed by atoms with Crippen LogP contribution in [0.3, 0.4) is 0 Å². The van der Waals surface area contributed by atoms with Crippen LogP contribution in [0.15, 0.2) is 0 Å². The highest BCUT2D eigenvalue weighted by Crippen LogP contribution is 2.43. The Balaban J connectivity index is 4.45. The fourth-order valence-electron chi connectivity index (χ4n) is 4.05. The second-order valence-corrected chi connectivity index (χ2v) is 11.9. The number of phosphoric acid groups is 1. The van der Waals surface area contributed by atoms with Crippen LogP contribution in [0.5, 0.6) is 0 Å². The molecule has 0 saturated carbocycles. The van der Waals surface area contributed by atoms with Gasteiger partial charge in [0.15, 0.2) is 6.10 Å². The van der Waals surface area contributed by atoms with Crippen LogP contribution in [-0.4, -0.2) is 65.7 Å². The zero-order chi connectivity index (χ0) is 29.9. The lowest BCUT2D eigenvalue weighted by atomic mass is 10.1. The lowest BCUT2D eigenvalue weighted by Crippen LogP contribution is -2.29. The molecule has 0 aliphatic heterocycles. The number of aliphatic hydroxyl groups is 2. The van der Waals surface area contributed by atoms with Crippen molar-refractivity contribution in [2.75, 3.05) is 26.4 Å². The minimum Gasteiger partial charge on any atom is -0.462 e. The molecular weight excluding hydrogens is 539 g/mol. The molecular formula is C29H57O10P. The molecule has 0 amide bonds. The Bertz CT molecular complexity index is 661. The molecule has 0 aromatic carbocycles. The van der Waals surface area contributed by atoms with Gasteiger partial charge in [-0.05, 0) is 12.8 Å². The minimum absolute atomic E-state index is 0.187. The van der Waals surface area contributed by atoms with E-state index in [1.807, 2.05) is 0 Å². The summed E-state index contributed by atoms with van der Waals surface area (Å²) >= 11 is 0. The summed E-state index contributed by atoms with van der Waals surface area (Å²) in [6.45, 7) is 2.28. The third-order valence-electron chi connectivity index (χ3n) is 6.51. The van der Waals surface area contributed by atoms with E-state index in [0.717, 1.165) is 38.5 Å². The molecule has 10 nitrogen and oxygen atoms in total. The Morgan fingerprint density at radius 2 is 1.07 bits per heavy atom. The third kappa shape index (κ3) is 25.9. The maximum atomic E-state index is 12.3. The summed E-state index contributed by atoms with van der Waals surface area (Å²) in [5.74, 6) is -0.931. The van der Waals surface area contributed by atoms with E-state index in [2.05, 4.69) is 18.4 Å². The van der Waals surface area contributed by atoms with Crippen molar-refractivity contribution in [1.29, 1.82) is 0 Å². The van der Waals surface area contributed by atoms with E-state index in [1.165, 1.54) is 57.8 Å². The van der Waals surface area contributed by atoms with Crippen LogP contribution in [0.4, 0.5) is 0 Å². The van der Waals surface area contributed by atoms with Crippen LogP contribution in [-0.2, 0) is 32.7 Å². The summed E-state index contributed by atoms with van der Waals surface area (Å²) in [5, 5.41) is 18.1. The fourth-order valence-corrected chi connectivity index (χ4v) is 4.84. The molecule has 0 aliphatic rings. The molecule has 40 heavy (non-hydrogen) atoms. The number of carbonyl (C=O) groups is 2. The molecule has 11 heteroatoms. The second kappa shape index (κ2) is 26.8. The van der Waals surface area contributed by atoms with E-state index in [1.54, 1.807) is 0 Å². The largest absolute Gasteiger partial charge is 0.472 e. The van der Waals surface area contributed by atoms with Gasteiger partial charge in [0.2, 0.25) is 0 Å². The molecule has 0 radical (unpaired) electrons. The molecule has 3 N–H and O–H groups in total. The number of hydrogen-bond acceptors (Lipinski definition) is 9. The molecule has 0 bridgehead atoms. The highest BCUT2D eigenvalue weighted by atomic mass is 31.2. The summed E-state index contributed by atoms with van der Waals surface area (Å²) in [6.07, 6.45) is 16.8. The van der Waals surface area contributed by atoms with Crippen LogP contribution in [0.1, 0.15) is 136 Å². The molecule has 238 valence electrons. The number of esters is 2. The number of rotatable bonds is 29. The van der Waals surface area contributed by atoms with Gasteiger partial charge in [-0.2, -0.15) is 0 Å². The SMILES string of the molecule is CCCCCCCCCCCCC(=O)OC[C@H](COP(=O)(O)OC[C@@H](O)CO)OC(=O)CCCCCCCCC. The number of phosphoric ester groups is 1. The van der Waals surface area contributed by atoms with Gasteiger partial charge in [-0.15, -0.1) is 0 Å². The highest BCUT2D eigenvalue weighted by Gasteiger charge is 2.27. The van der Waals surface area contributed by atoms with Gasteiger partial charge in [-0.3, -0.25) is 18.6 Å². The van der Waals surface area contributed by atoms with Crippen LogP contribution >= 0.6 is 7.82 Å². The van der Waals surface area contributed by atoms with Crippen molar-refractivity contribution in [3.63, 3.8) is 0 Å². The van der Waals surface area contributed by atoms with Crippen molar-refractivity contribution >= 4 is 19.8 Å². The smallest absolute Gasteiger partial charge is 0.462 e. The van der Waals surface area contributed by atoms with Gasteiger partial charge in [-0.25, -0.2) is 4.57 Å². The molecule has 3 atom stereocenters. The van der Waals surface area contributed by atoms with Crippen molar-refractivity contribution in [2.24, 2.45) is 0 Å². The Labute approximate surface area is 242 Å². The molecule has 1 unspecified atom stereocenters. The zero-order valence-corrected chi connectivity index (χ0v) is 26.0. The van der Waals surface area contributed by atoms with Gasteiger partial charge in [0.25, 0.3) is 0 Å². The second-order valence-electron chi connectivity index (χ2n) is 10.5. The van der Waals surface area contributed by atoms with Crippen molar-refractivity contribution in [2.45, 2.75) is 148 Å². The van der Waals surface area contributed by atoms with Crippen LogP contribution in [0, 0.1) is 0 Å². The standard InChI is InChI=1S/C29H57O10P/c1-3-5-7-9-11-12-13-15-16-18-20-28(32)36-24-27(25-38-40(34,35)37-23-26(31)22-30)39-29(33)21-19-17-14-10-8-6-4-2/h26-27,30-31H,3-25H2,1-2H3,(H,34,35)/t26-,27+/m0/s1. The maximum absolute atomic E-state index is 12.3. The zero-order valence-electron chi connectivity index (χ0n) is 25.1. The van der Waals surface area contributed by atoms with Crippen molar-refractivity contribution in [3.8, 4) is 0 Å². The van der Waals surface area contributed by atoms with Crippen molar-refractivity contribution < 1.29 is 47.8 Å². The Morgan fingerprint density at radius 1 is 0.650 bits per heavy atom. The molecule has 0 aromatic rings. The summed E-state index contributed by atoms with van der Waals surface area (Å²) in [4.78, 5) is 34.4. The third-order valence-corrected chi connectivity index (χ3v) is 7.46. The Hall–Kier alpha value is -1.03. The summed E-state index contributed by atoms with van der Waals surface area (Å²) in [6, 6.07) is 0. The van der Waals surface area contributed by atoms with E-state index in [4.69, 9.17) is 19.1 Å². The number of ether oxygens (including phenoxy) is 2. The van der Waals surface area contributed by atoms with Gasteiger partial charge >= 0.3 is 19.8 Å². The van der Waals surface area contributed by atoms with E-state index in [0.29, 0.717) is 12.8 Å². The minimum atomic E-state index is -4.59. The van der Waals surface area contributed by atoms with Crippen molar-refractivity contribution in [1.82, 2.24) is 0 Å². The monoisotopic (exact) mass is 596 g/mol. The lowest BCUT2D eigenvalue weighted by molar-refractivity contribution is -0.161. The summed E-state index contributed by atoms with van der Waals surface area (Å²) < 4.78 is 32.2. The average molecular weight is 597 g/mol. The first-order valence-electron chi connectivity index (χ1n) is 15.5. The Morgan fingerprint density at radius 3 is 1.55 bits per heavy atom. The molecule has 0 fully saturated rings. The first-order chi connectivity index (χ1) is 19.2. The van der Waals surface area contributed by atoms with E-state index < -0.39 is 51.8 Å². The quantitative estimate of drug-likeness (QED) is 0.0504. The normalized spacial score (nSPS) is 14.4. The molecule has 0 saturated heterocycles. The number of hydrogen-bond donors (Lipinski definition) is 3. The average Bonchev–Trinajstić information content (AvgIpc) is 2.93. The predicted molar refractivity (Wildman–Crippen MR) is 155 cm³/mol. The number of carbonyl (C=O) groups excluding carboxylic acids is 2. The molecule has 0 aromatic heterocycles. The van der Waals surface area contributed by atoms with Crippen LogP contribution in [0.2, 0.25) is 0 Å². The predicted octanol–water partition coefficient (Wildman–Crippen LogP) is 6.38. The van der Waals surface area contributed by atoms with Gasteiger partial charge < -0.3 is 24.6 Å². The fraction of sp³-hybridized carbons (Fsp3) is 0.931. The maximum Gasteiger partial charge on any atom is 0.472 e. The molecule has 0 spiro atoms. The van der Waals surface area contributed by atoms with E-state index in [-0.39, 0.29) is 19.4 Å². The van der Waals surface area contributed by atoms with Gasteiger partial charge in [0, 0.05) is 12.8 Å². The molecule has 0 rings (SSSR count). The van der Waals surface area contributed by atoms with Crippen molar-refractivity contribution in [3.05, 3.63) is 0 Å². The first kappa shape index (κ1) is 39.0. The lowest BCUT2D eigenvalue weighted by Gasteiger charge is -2.20. The molecule has 0 aliphatic carbocycles. The molecule has 0 heterocycles. The topological polar surface area (TPSA) is 149 Å². The summed E-state index contributed by atoms with van der Waals surface area (Å²) in [5.41, 5.74) is 0. The number of aliphatic hydroxyl groups excluding tert-OH is 2. The van der Waals surface area contributed by atoms with E-state index in [9.17, 15) is 24.2 Å². The Kier molecular flexibility index (Phi) is 26.2. The van der Waals surface area contributed by atoms with Crippen LogP contribution < -0.4 is 0 Å². The number of unbranched alkanes of at least 4 members (excludes halogenated alkanes) is 15. The van der Waals surface area contributed by atoms with Crippen LogP contribution in [0.25, 0.3) is 0 Å². The van der Waals surface area contributed by atoms with Gasteiger partial charge in [0.05, 0.1) is 19.8 Å². The van der Waals surface area contributed by atoms with Gasteiger partial charge in [-0.1, -0.05) is 110 Å². The summed E-state index contributed by atoms with van der Waals surface area (Å²) in [7, 11) is -4.59. The van der Waals surface area contributed by atoms with E-state index >= 15 is 0 Å². The first-order valence-corrected chi connectivity index (χ1v) is 17.0. The van der Waals surface area contributed by atoms with Gasteiger partial charge in [0.1, 0.15) is 12.7 Å². The highest BCUT2D eigenvalue weighted by molar-refractivity contribution is 7.47.